The van der Waals surface area contributed by atoms with Crippen LogP contribution in [-0.4, -0.2) is 45.9 Å². The minimum absolute atomic E-state index is 0.222. The summed E-state index contributed by atoms with van der Waals surface area (Å²) in [6.45, 7) is 4.65. The smallest absolute Gasteiger partial charge is 0.219 e. The number of amides is 1. The lowest BCUT2D eigenvalue weighted by atomic mass is 10.0. The molecule has 2 fully saturated rings. The first-order valence-corrected chi connectivity index (χ1v) is 8.46. The fourth-order valence-electron chi connectivity index (χ4n) is 3.62. The van der Waals surface area contributed by atoms with Crippen LogP contribution in [0.5, 0.6) is 0 Å². The van der Waals surface area contributed by atoms with Crippen LogP contribution in [0, 0.1) is 0 Å². The number of carbonyl (C=O) groups is 1. The lowest BCUT2D eigenvalue weighted by Crippen LogP contribution is -2.47. The van der Waals surface area contributed by atoms with E-state index in [1.165, 1.54) is 17.7 Å². The van der Waals surface area contributed by atoms with Gasteiger partial charge in [0.15, 0.2) is 4.47 Å². The normalized spacial score (nSPS) is 27.4. The third-order valence-electron chi connectivity index (χ3n) is 4.45. The van der Waals surface area contributed by atoms with Gasteiger partial charge >= 0.3 is 0 Å². The van der Waals surface area contributed by atoms with Crippen molar-refractivity contribution < 1.29 is 4.79 Å². The predicted molar refractivity (Wildman–Crippen MR) is 81.0 cm³/mol. The Morgan fingerprint density at radius 1 is 1.40 bits per heavy atom. The second kappa shape index (κ2) is 6.00. The number of carbonyl (C=O) groups excluding carboxylic acids is 1. The molecule has 2 atom stereocenters. The van der Waals surface area contributed by atoms with Gasteiger partial charge in [-0.2, -0.15) is 0 Å². The van der Waals surface area contributed by atoms with Gasteiger partial charge in [0.25, 0.3) is 0 Å². The van der Waals surface area contributed by atoms with Crippen molar-refractivity contribution in [2.45, 2.75) is 51.2 Å². The van der Waals surface area contributed by atoms with Crippen LogP contribution in [0.15, 0.2) is 6.20 Å². The van der Waals surface area contributed by atoms with Crippen molar-refractivity contribution in [3.63, 3.8) is 0 Å². The van der Waals surface area contributed by atoms with Crippen LogP contribution >= 0.6 is 22.9 Å². The number of hydrogen-bond donors (Lipinski definition) is 0. The van der Waals surface area contributed by atoms with Crippen LogP contribution in [0.4, 0.5) is 0 Å². The van der Waals surface area contributed by atoms with Crippen LogP contribution in [-0.2, 0) is 11.3 Å². The standard InChI is InChI=1S/C14H20ClN3OS/c1-10(19)18-7-3-5-13(18)12-4-2-6-17(12)9-11-8-16-14(15)20-11/h8,12-13H,2-7,9H2,1H3. The highest BCUT2D eigenvalue weighted by atomic mass is 35.5. The summed E-state index contributed by atoms with van der Waals surface area (Å²) >= 11 is 7.47. The maximum absolute atomic E-state index is 11.8. The number of aromatic nitrogens is 1. The zero-order valence-electron chi connectivity index (χ0n) is 11.7. The second-order valence-electron chi connectivity index (χ2n) is 5.68. The molecule has 0 saturated carbocycles. The van der Waals surface area contributed by atoms with Gasteiger partial charge in [0.1, 0.15) is 0 Å². The quantitative estimate of drug-likeness (QED) is 0.861. The predicted octanol–water partition coefficient (Wildman–Crippen LogP) is 2.77. The third kappa shape index (κ3) is 2.85. The first-order valence-electron chi connectivity index (χ1n) is 7.26. The molecule has 0 spiro atoms. The molecule has 1 amide bonds. The first kappa shape index (κ1) is 14.3. The summed E-state index contributed by atoms with van der Waals surface area (Å²) in [5.74, 6) is 0.222. The lowest BCUT2D eigenvalue weighted by molar-refractivity contribution is -0.130. The highest BCUT2D eigenvalue weighted by molar-refractivity contribution is 7.15. The van der Waals surface area contributed by atoms with E-state index in [2.05, 4.69) is 14.8 Å². The fraction of sp³-hybridized carbons (Fsp3) is 0.714. The van der Waals surface area contributed by atoms with Gasteiger partial charge in [0.05, 0.1) is 0 Å². The summed E-state index contributed by atoms with van der Waals surface area (Å²) in [5.41, 5.74) is 0. The Kier molecular flexibility index (Phi) is 4.29. The van der Waals surface area contributed by atoms with Crippen LogP contribution in [0.2, 0.25) is 4.47 Å². The van der Waals surface area contributed by atoms with E-state index in [0.29, 0.717) is 16.6 Å². The molecule has 1 aromatic rings. The molecule has 2 saturated heterocycles. The van der Waals surface area contributed by atoms with E-state index in [1.54, 1.807) is 18.3 Å². The Balaban J connectivity index is 1.70. The highest BCUT2D eigenvalue weighted by Crippen LogP contribution is 2.32. The first-order chi connectivity index (χ1) is 9.65. The number of halogens is 1. The summed E-state index contributed by atoms with van der Waals surface area (Å²) in [6, 6.07) is 0.903. The molecular formula is C14H20ClN3OS. The summed E-state index contributed by atoms with van der Waals surface area (Å²) in [4.78, 5) is 21.7. The number of likely N-dealkylation sites (tertiary alicyclic amines) is 2. The number of thiazole rings is 1. The van der Waals surface area contributed by atoms with E-state index < -0.39 is 0 Å². The van der Waals surface area contributed by atoms with E-state index in [9.17, 15) is 4.79 Å². The van der Waals surface area contributed by atoms with E-state index in [1.807, 2.05) is 6.20 Å². The van der Waals surface area contributed by atoms with Crippen LogP contribution in [0.25, 0.3) is 0 Å². The topological polar surface area (TPSA) is 36.4 Å². The Bertz CT molecular complexity index is 493. The Morgan fingerprint density at radius 2 is 2.15 bits per heavy atom. The van der Waals surface area contributed by atoms with Crippen molar-refractivity contribution in [2.75, 3.05) is 13.1 Å². The monoisotopic (exact) mass is 313 g/mol. The van der Waals surface area contributed by atoms with Crippen LogP contribution in [0.1, 0.15) is 37.5 Å². The average molecular weight is 314 g/mol. The van der Waals surface area contributed by atoms with Gasteiger partial charge in [-0.15, -0.1) is 11.3 Å². The van der Waals surface area contributed by atoms with E-state index in [0.717, 1.165) is 32.5 Å². The molecule has 3 heterocycles. The molecule has 0 bridgehead atoms. The Hall–Kier alpha value is -0.650. The molecule has 2 unspecified atom stereocenters. The van der Waals surface area contributed by atoms with E-state index in [-0.39, 0.29) is 5.91 Å². The molecule has 6 heteroatoms. The van der Waals surface area contributed by atoms with Crippen molar-refractivity contribution in [1.82, 2.24) is 14.8 Å². The van der Waals surface area contributed by atoms with Crippen molar-refractivity contribution in [1.29, 1.82) is 0 Å². The molecule has 2 aliphatic heterocycles. The zero-order valence-corrected chi connectivity index (χ0v) is 13.3. The molecule has 0 aliphatic carbocycles. The number of nitrogens with zero attached hydrogens (tertiary/aromatic N) is 3. The van der Waals surface area contributed by atoms with Gasteiger partial charge in [-0.25, -0.2) is 4.98 Å². The summed E-state index contributed by atoms with van der Waals surface area (Å²) in [7, 11) is 0. The molecule has 0 N–H and O–H groups in total. The second-order valence-corrected chi connectivity index (χ2v) is 7.38. The molecule has 0 aromatic carbocycles. The third-order valence-corrected chi connectivity index (χ3v) is 5.55. The lowest BCUT2D eigenvalue weighted by Gasteiger charge is -2.34. The number of rotatable bonds is 3. The van der Waals surface area contributed by atoms with Crippen molar-refractivity contribution in [2.24, 2.45) is 0 Å². The molecule has 0 radical (unpaired) electrons. The van der Waals surface area contributed by atoms with Crippen LogP contribution in [0.3, 0.4) is 0 Å². The minimum atomic E-state index is 0.222. The zero-order chi connectivity index (χ0) is 14.1. The van der Waals surface area contributed by atoms with Gasteiger partial charge < -0.3 is 4.90 Å². The van der Waals surface area contributed by atoms with Crippen molar-refractivity contribution in [3.05, 3.63) is 15.5 Å². The van der Waals surface area contributed by atoms with Gasteiger partial charge in [-0.1, -0.05) is 11.6 Å². The van der Waals surface area contributed by atoms with Crippen molar-refractivity contribution >= 4 is 28.8 Å². The average Bonchev–Trinajstić information content (AvgIpc) is 3.09. The largest absolute Gasteiger partial charge is 0.338 e. The highest BCUT2D eigenvalue weighted by Gasteiger charge is 2.38. The minimum Gasteiger partial charge on any atom is -0.338 e. The van der Waals surface area contributed by atoms with E-state index in [4.69, 9.17) is 11.6 Å². The summed E-state index contributed by atoms with van der Waals surface area (Å²) < 4.78 is 0.613. The number of hydrogen-bond acceptors (Lipinski definition) is 4. The SMILES string of the molecule is CC(=O)N1CCCC1C1CCCN1Cc1cnc(Cl)s1. The molecule has 4 nitrogen and oxygen atoms in total. The van der Waals surface area contributed by atoms with Crippen molar-refractivity contribution in [3.8, 4) is 0 Å². The molecular weight excluding hydrogens is 294 g/mol. The van der Waals surface area contributed by atoms with Crippen LogP contribution < -0.4 is 0 Å². The summed E-state index contributed by atoms with van der Waals surface area (Å²) in [6.07, 6.45) is 6.57. The molecule has 2 aliphatic rings. The fourth-order valence-corrected chi connectivity index (χ4v) is 4.63. The van der Waals surface area contributed by atoms with Gasteiger partial charge in [0, 0.05) is 43.2 Å². The van der Waals surface area contributed by atoms with Gasteiger partial charge in [0.2, 0.25) is 5.91 Å². The molecule has 110 valence electrons. The Labute approximate surface area is 128 Å². The maximum Gasteiger partial charge on any atom is 0.219 e. The molecule has 1 aromatic heterocycles. The molecule has 20 heavy (non-hydrogen) atoms. The summed E-state index contributed by atoms with van der Waals surface area (Å²) in [5, 5.41) is 0. The maximum atomic E-state index is 11.8. The Morgan fingerprint density at radius 3 is 2.85 bits per heavy atom. The van der Waals surface area contributed by atoms with Gasteiger partial charge in [-0.3, -0.25) is 9.69 Å². The molecule has 3 rings (SSSR count). The van der Waals surface area contributed by atoms with Gasteiger partial charge in [-0.05, 0) is 32.2 Å². The van der Waals surface area contributed by atoms with E-state index >= 15 is 0 Å².